The number of hydrogen-bond donors (Lipinski definition) is 1. The summed E-state index contributed by atoms with van der Waals surface area (Å²) < 4.78 is 9.44. The van der Waals surface area contributed by atoms with Crippen molar-refractivity contribution in [3.05, 3.63) is 40.6 Å². The Morgan fingerprint density at radius 1 is 1.09 bits per heavy atom. The van der Waals surface area contributed by atoms with E-state index in [0.29, 0.717) is 0 Å². The standard InChI is InChI=1S/C15H17NO6/c1-15(2,3)22-12(18)9-21-14(20)13(19)16-10-7-5-4-6-8-11(10)17/h4-8H,9H2,1-3H3,(H,16,17,19). The van der Waals surface area contributed by atoms with E-state index in [0.717, 1.165) is 0 Å². The first-order valence-electron chi connectivity index (χ1n) is 6.48. The molecule has 0 spiro atoms. The third-order valence-corrected chi connectivity index (χ3v) is 2.17. The normalized spacial score (nSPS) is 10.5. The summed E-state index contributed by atoms with van der Waals surface area (Å²) in [6.07, 6.45) is 0. The molecule has 0 saturated carbocycles. The van der Waals surface area contributed by atoms with Crippen molar-refractivity contribution in [2.75, 3.05) is 11.9 Å². The lowest BCUT2D eigenvalue weighted by molar-refractivity contribution is -0.167. The van der Waals surface area contributed by atoms with Crippen LogP contribution < -0.4 is 10.7 Å². The highest BCUT2D eigenvalue weighted by atomic mass is 16.6. The van der Waals surface area contributed by atoms with Crippen molar-refractivity contribution in [1.82, 2.24) is 0 Å². The Morgan fingerprint density at radius 3 is 2.36 bits per heavy atom. The molecule has 0 aromatic heterocycles. The molecule has 0 saturated heterocycles. The second-order valence-corrected chi connectivity index (χ2v) is 5.31. The molecule has 7 nitrogen and oxygen atoms in total. The van der Waals surface area contributed by atoms with Gasteiger partial charge < -0.3 is 14.8 Å². The Bertz CT molecular complexity index is 632. The van der Waals surface area contributed by atoms with E-state index in [-0.39, 0.29) is 5.69 Å². The molecular weight excluding hydrogens is 290 g/mol. The summed E-state index contributed by atoms with van der Waals surface area (Å²) in [5, 5.41) is 2.12. The van der Waals surface area contributed by atoms with Crippen LogP contribution >= 0.6 is 0 Å². The van der Waals surface area contributed by atoms with E-state index in [2.05, 4.69) is 10.1 Å². The van der Waals surface area contributed by atoms with Crippen LogP contribution in [-0.4, -0.2) is 30.1 Å². The molecule has 0 unspecified atom stereocenters. The number of hydrogen-bond acceptors (Lipinski definition) is 6. The molecule has 0 heterocycles. The molecule has 0 fully saturated rings. The van der Waals surface area contributed by atoms with Crippen molar-refractivity contribution < 1.29 is 23.9 Å². The zero-order valence-corrected chi connectivity index (χ0v) is 12.5. The third kappa shape index (κ3) is 6.17. The molecular formula is C15H17NO6. The zero-order valence-electron chi connectivity index (χ0n) is 12.5. The molecule has 1 aromatic carbocycles. The lowest BCUT2D eigenvalue weighted by Crippen LogP contribution is -2.31. The fourth-order valence-corrected chi connectivity index (χ4v) is 1.37. The molecule has 0 aliphatic rings. The molecule has 1 rings (SSSR count). The van der Waals surface area contributed by atoms with Gasteiger partial charge in [-0.1, -0.05) is 18.2 Å². The Balaban J connectivity index is 2.57. The molecule has 1 aromatic rings. The monoisotopic (exact) mass is 307 g/mol. The van der Waals surface area contributed by atoms with E-state index >= 15 is 0 Å². The van der Waals surface area contributed by atoms with Crippen LogP contribution in [0, 0.1) is 0 Å². The Morgan fingerprint density at radius 2 is 1.73 bits per heavy atom. The Hall–Kier alpha value is -2.70. The molecule has 1 N–H and O–H groups in total. The third-order valence-electron chi connectivity index (χ3n) is 2.17. The van der Waals surface area contributed by atoms with Gasteiger partial charge in [-0.25, -0.2) is 9.59 Å². The first kappa shape index (κ1) is 17.4. The summed E-state index contributed by atoms with van der Waals surface area (Å²) in [6, 6.07) is 7.21. The van der Waals surface area contributed by atoms with Crippen LogP contribution in [0.1, 0.15) is 20.8 Å². The average molecular weight is 307 g/mol. The number of carbonyl (C=O) groups is 3. The number of anilines is 1. The highest BCUT2D eigenvalue weighted by Crippen LogP contribution is 2.06. The van der Waals surface area contributed by atoms with E-state index in [4.69, 9.17) is 4.74 Å². The molecule has 0 radical (unpaired) electrons. The van der Waals surface area contributed by atoms with Crippen molar-refractivity contribution in [3.8, 4) is 0 Å². The van der Waals surface area contributed by atoms with Crippen molar-refractivity contribution >= 4 is 23.5 Å². The lowest BCUT2D eigenvalue weighted by atomic mass is 10.2. The van der Waals surface area contributed by atoms with Gasteiger partial charge in [-0.2, -0.15) is 0 Å². The van der Waals surface area contributed by atoms with E-state index in [1.54, 1.807) is 26.8 Å². The highest BCUT2D eigenvalue weighted by molar-refractivity contribution is 6.37. The minimum Gasteiger partial charge on any atom is -0.457 e. The minimum absolute atomic E-state index is 0.0655. The number of rotatable bonds is 3. The number of ether oxygens (including phenoxy) is 2. The fraction of sp³-hybridized carbons (Fsp3) is 0.333. The van der Waals surface area contributed by atoms with Gasteiger partial charge in [0.25, 0.3) is 0 Å². The topological polar surface area (TPSA) is 98.8 Å². The quantitative estimate of drug-likeness (QED) is 0.657. The van der Waals surface area contributed by atoms with Crippen LogP contribution in [0.4, 0.5) is 5.69 Å². The maximum Gasteiger partial charge on any atom is 0.397 e. The van der Waals surface area contributed by atoms with Crippen LogP contribution in [0.2, 0.25) is 0 Å². The maximum absolute atomic E-state index is 11.6. The van der Waals surface area contributed by atoms with E-state index < -0.39 is 35.5 Å². The summed E-state index contributed by atoms with van der Waals surface area (Å²) >= 11 is 0. The number of nitrogens with one attached hydrogen (secondary N) is 1. The van der Waals surface area contributed by atoms with Gasteiger partial charge in [-0.05, 0) is 32.9 Å². The molecule has 0 aliphatic carbocycles. The molecule has 22 heavy (non-hydrogen) atoms. The van der Waals surface area contributed by atoms with Crippen LogP contribution in [0.15, 0.2) is 35.1 Å². The maximum atomic E-state index is 11.6. The van der Waals surface area contributed by atoms with Gasteiger partial charge in [0.2, 0.25) is 5.43 Å². The average Bonchev–Trinajstić information content (AvgIpc) is 2.59. The molecule has 118 valence electrons. The van der Waals surface area contributed by atoms with Gasteiger partial charge in [0.1, 0.15) is 5.60 Å². The van der Waals surface area contributed by atoms with E-state index in [1.807, 2.05) is 0 Å². The summed E-state index contributed by atoms with van der Waals surface area (Å²) in [6.45, 7) is 4.29. The first-order valence-corrected chi connectivity index (χ1v) is 6.48. The smallest absolute Gasteiger partial charge is 0.397 e. The predicted octanol–water partition coefficient (Wildman–Crippen LogP) is 0.870. The van der Waals surface area contributed by atoms with Crippen LogP contribution in [0.25, 0.3) is 0 Å². The molecule has 0 aliphatic heterocycles. The van der Waals surface area contributed by atoms with Gasteiger partial charge in [0.05, 0.1) is 5.69 Å². The van der Waals surface area contributed by atoms with Crippen molar-refractivity contribution in [2.24, 2.45) is 0 Å². The highest BCUT2D eigenvalue weighted by Gasteiger charge is 2.21. The Kier molecular flexibility index (Phi) is 5.80. The summed E-state index contributed by atoms with van der Waals surface area (Å²) in [5.74, 6) is -3.20. The predicted molar refractivity (Wildman–Crippen MR) is 78.1 cm³/mol. The molecule has 0 atom stereocenters. The van der Waals surface area contributed by atoms with Gasteiger partial charge >= 0.3 is 17.8 Å². The summed E-state index contributed by atoms with van der Waals surface area (Å²) in [7, 11) is 0. The van der Waals surface area contributed by atoms with Crippen molar-refractivity contribution in [3.63, 3.8) is 0 Å². The summed E-state index contributed by atoms with van der Waals surface area (Å²) in [4.78, 5) is 46.0. The van der Waals surface area contributed by atoms with Gasteiger partial charge in [-0.15, -0.1) is 0 Å². The minimum atomic E-state index is -1.28. The van der Waals surface area contributed by atoms with E-state index in [1.165, 1.54) is 24.3 Å². The van der Waals surface area contributed by atoms with Crippen LogP contribution in [0.3, 0.4) is 0 Å². The summed E-state index contributed by atoms with van der Waals surface area (Å²) in [5.41, 5.74) is -1.25. The first-order chi connectivity index (χ1) is 10.2. The van der Waals surface area contributed by atoms with Crippen LogP contribution in [-0.2, 0) is 23.9 Å². The SMILES string of the molecule is CC(C)(C)OC(=O)COC(=O)C(=O)Nc1cccccc1=O. The van der Waals surface area contributed by atoms with Gasteiger partial charge in [0.15, 0.2) is 6.61 Å². The number of carbonyl (C=O) groups excluding carboxylic acids is 3. The molecule has 7 heteroatoms. The second kappa shape index (κ2) is 7.35. The number of amides is 1. The van der Waals surface area contributed by atoms with Gasteiger partial charge in [-0.3, -0.25) is 9.59 Å². The fourth-order valence-electron chi connectivity index (χ4n) is 1.37. The van der Waals surface area contributed by atoms with E-state index in [9.17, 15) is 19.2 Å². The van der Waals surface area contributed by atoms with Gasteiger partial charge in [0, 0.05) is 0 Å². The second-order valence-electron chi connectivity index (χ2n) is 5.31. The molecule has 1 amide bonds. The Labute approximate surface area is 127 Å². The van der Waals surface area contributed by atoms with Crippen molar-refractivity contribution in [1.29, 1.82) is 0 Å². The zero-order chi connectivity index (χ0) is 16.8. The van der Waals surface area contributed by atoms with Crippen molar-refractivity contribution in [2.45, 2.75) is 26.4 Å². The molecule has 0 bridgehead atoms. The lowest BCUT2D eigenvalue weighted by Gasteiger charge is -2.19. The number of esters is 2. The van der Waals surface area contributed by atoms with Crippen LogP contribution in [0.5, 0.6) is 0 Å². The largest absolute Gasteiger partial charge is 0.457 e.